The van der Waals surface area contributed by atoms with Crippen LogP contribution in [-0.2, 0) is 13.2 Å². The Bertz CT molecular complexity index is 945. The number of fused-ring (bicyclic) bond motifs is 1. The third kappa shape index (κ3) is 5.48. The van der Waals surface area contributed by atoms with E-state index in [-0.39, 0.29) is 19.2 Å². The fourth-order valence-corrected chi connectivity index (χ4v) is 2.81. The third-order valence-corrected chi connectivity index (χ3v) is 4.35. The highest BCUT2D eigenvalue weighted by Crippen LogP contribution is 2.32. The van der Waals surface area contributed by atoms with Gasteiger partial charge < -0.3 is 15.7 Å². The Hall–Kier alpha value is -3.06. The van der Waals surface area contributed by atoms with E-state index in [0.29, 0.717) is 28.4 Å². The lowest BCUT2D eigenvalue weighted by Crippen LogP contribution is -2.37. The van der Waals surface area contributed by atoms with Gasteiger partial charge in [-0.2, -0.15) is 18.3 Å². The zero-order chi connectivity index (χ0) is 21.0. The van der Waals surface area contributed by atoms with Crippen LogP contribution in [0.3, 0.4) is 0 Å². The Labute approximate surface area is 163 Å². The minimum absolute atomic E-state index is 0.170. The average molecular weight is 410 g/mol. The van der Waals surface area contributed by atoms with E-state index in [1.54, 1.807) is 18.3 Å². The number of anilines is 1. The molecule has 2 aliphatic rings. The van der Waals surface area contributed by atoms with Gasteiger partial charge in [-0.15, -0.1) is 0 Å². The van der Waals surface area contributed by atoms with Gasteiger partial charge >= 0.3 is 12.7 Å². The molecule has 4 rings (SSSR count). The molecule has 2 aromatic rings. The average Bonchev–Trinajstić information content (AvgIpc) is 3.38. The Balaban J connectivity index is 0.000000552. The van der Waals surface area contributed by atoms with E-state index in [2.05, 4.69) is 27.6 Å². The highest BCUT2D eigenvalue weighted by molar-refractivity contribution is 5.93. The van der Waals surface area contributed by atoms with Gasteiger partial charge in [0.25, 0.3) is 0 Å². The lowest BCUT2D eigenvalue weighted by molar-refractivity contribution is 0.00819. The largest absolute Gasteiger partial charge is 0.390 e. The SMILES string of the molecule is FC(F)F.O=C1Nc2cc(Cn3nccc3CO)c(F)cc2C(C#CC2CC2)N1. The van der Waals surface area contributed by atoms with Crippen molar-refractivity contribution in [1.82, 2.24) is 15.1 Å². The first-order valence-corrected chi connectivity index (χ1v) is 8.82. The molecule has 1 atom stereocenters. The van der Waals surface area contributed by atoms with E-state index in [9.17, 15) is 27.5 Å². The van der Waals surface area contributed by atoms with Gasteiger partial charge in [0.2, 0.25) is 0 Å². The van der Waals surface area contributed by atoms with Gasteiger partial charge in [-0.25, -0.2) is 9.18 Å². The zero-order valence-corrected chi connectivity index (χ0v) is 15.1. The van der Waals surface area contributed by atoms with Crippen LogP contribution in [0.5, 0.6) is 0 Å². The van der Waals surface area contributed by atoms with E-state index < -0.39 is 18.5 Å². The Morgan fingerprint density at radius 2 is 2.00 bits per heavy atom. The molecule has 1 aromatic carbocycles. The highest BCUT2D eigenvalue weighted by Gasteiger charge is 2.26. The molecule has 1 aromatic heterocycles. The number of aliphatic hydroxyl groups excluding tert-OH is 1. The van der Waals surface area contributed by atoms with Crippen molar-refractivity contribution >= 4 is 11.7 Å². The Morgan fingerprint density at radius 3 is 2.66 bits per heavy atom. The van der Waals surface area contributed by atoms with Gasteiger partial charge in [0.15, 0.2) is 0 Å². The molecule has 3 N–H and O–H groups in total. The highest BCUT2D eigenvalue weighted by atomic mass is 19.4. The lowest BCUT2D eigenvalue weighted by Gasteiger charge is -2.25. The molecule has 1 aliphatic heterocycles. The van der Waals surface area contributed by atoms with Crippen molar-refractivity contribution in [2.75, 3.05) is 5.32 Å². The van der Waals surface area contributed by atoms with Gasteiger partial charge in [-0.1, -0.05) is 11.8 Å². The summed E-state index contributed by atoms with van der Waals surface area (Å²) in [5.41, 5.74) is 2.15. The van der Waals surface area contributed by atoms with Gasteiger partial charge in [0.1, 0.15) is 11.9 Å². The summed E-state index contributed by atoms with van der Waals surface area (Å²) in [5.74, 6) is 6.16. The number of aliphatic hydroxyl groups is 1. The molecule has 0 spiro atoms. The number of alkyl halides is 3. The van der Waals surface area contributed by atoms with Crippen LogP contribution in [0.15, 0.2) is 24.4 Å². The van der Waals surface area contributed by atoms with Crippen molar-refractivity contribution in [2.24, 2.45) is 5.92 Å². The number of halogens is 4. The number of nitrogens with zero attached hydrogens (tertiary/aromatic N) is 2. The Morgan fingerprint density at radius 1 is 1.28 bits per heavy atom. The van der Waals surface area contributed by atoms with Gasteiger partial charge in [-0.3, -0.25) is 4.68 Å². The number of aromatic nitrogens is 2. The number of urea groups is 1. The topological polar surface area (TPSA) is 79.2 Å². The van der Waals surface area contributed by atoms with E-state index in [4.69, 9.17) is 0 Å². The summed E-state index contributed by atoms with van der Waals surface area (Å²) in [7, 11) is 0. The second-order valence-electron chi connectivity index (χ2n) is 6.51. The van der Waals surface area contributed by atoms with Crippen molar-refractivity contribution < 1.29 is 27.5 Å². The van der Waals surface area contributed by atoms with E-state index in [0.717, 1.165) is 12.8 Å². The molecule has 1 fully saturated rings. The summed E-state index contributed by atoms with van der Waals surface area (Å²) in [6.45, 7) is -3.67. The summed E-state index contributed by atoms with van der Waals surface area (Å²) in [6.07, 6.45) is 3.73. The summed E-state index contributed by atoms with van der Waals surface area (Å²) in [4.78, 5) is 11.9. The number of hydrogen-bond donors (Lipinski definition) is 3. The number of nitrogens with one attached hydrogen (secondary N) is 2. The molecule has 2 amide bonds. The minimum atomic E-state index is -3.67. The van der Waals surface area contributed by atoms with E-state index >= 15 is 0 Å². The van der Waals surface area contributed by atoms with Crippen LogP contribution in [0.4, 0.5) is 28.0 Å². The van der Waals surface area contributed by atoms with E-state index in [1.165, 1.54) is 10.7 Å². The van der Waals surface area contributed by atoms with Crippen LogP contribution in [0.2, 0.25) is 0 Å². The fraction of sp³-hybridized carbons (Fsp3) is 0.368. The molecule has 1 aliphatic carbocycles. The standard InChI is InChI=1S/C18H17FN4O2.CHF3/c19-15-8-14-16(4-3-11-1-2-11)21-18(25)22-17(14)7-12(15)9-23-13(10-24)5-6-20-23;2-1(3)4/h5-8,11,16,24H,1-2,9-10H2,(H2,21,22,25);1H. The number of carbonyl (C=O) groups excluding carboxylic acids is 1. The number of amides is 2. The number of hydrogen-bond acceptors (Lipinski definition) is 3. The second-order valence-corrected chi connectivity index (χ2v) is 6.51. The van der Waals surface area contributed by atoms with Crippen LogP contribution in [-0.4, -0.2) is 27.6 Å². The molecular formula is C19H18F4N4O2. The lowest BCUT2D eigenvalue weighted by atomic mass is 9.99. The number of carbonyl (C=O) groups is 1. The van der Waals surface area contributed by atoms with Crippen LogP contribution < -0.4 is 10.6 Å². The predicted octanol–water partition coefficient (Wildman–Crippen LogP) is 3.33. The number of benzene rings is 1. The molecule has 0 radical (unpaired) electrons. The monoisotopic (exact) mass is 410 g/mol. The summed E-state index contributed by atoms with van der Waals surface area (Å²) < 4.78 is 45.1. The van der Waals surface area contributed by atoms with Crippen molar-refractivity contribution in [3.05, 3.63) is 47.0 Å². The van der Waals surface area contributed by atoms with Gasteiger partial charge in [-0.05, 0) is 31.0 Å². The quantitative estimate of drug-likeness (QED) is 0.537. The molecule has 1 unspecified atom stereocenters. The maximum absolute atomic E-state index is 14.6. The van der Waals surface area contributed by atoms with Gasteiger partial charge in [0.05, 0.1) is 18.8 Å². The van der Waals surface area contributed by atoms with E-state index in [1.807, 2.05) is 0 Å². The molecule has 2 heterocycles. The molecule has 29 heavy (non-hydrogen) atoms. The fourth-order valence-electron chi connectivity index (χ4n) is 2.81. The molecular weight excluding hydrogens is 392 g/mol. The summed E-state index contributed by atoms with van der Waals surface area (Å²) >= 11 is 0. The molecule has 0 bridgehead atoms. The molecule has 154 valence electrons. The molecule has 0 saturated heterocycles. The second kappa shape index (κ2) is 8.96. The predicted molar refractivity (Wildman–Crippen MR) is 96.2 cm³/mol. The van der Waals surface area contributed by atoms with Crippen molar-refractivity contribution in [3.63, 3.8) is 0 Å². The van der Waals surface area contributed by atoms with Crippen LogP contribution in [0.1, 0.15) is 35.7 Å². The summed E-state index contributed by atoms with van der Waals surface area (Å²) in [6, 6.07) is 3.83. The van der Waals surface area contributed by atoms with Crippen molar-refractivity contribution in [3.8, 4) is 11.8 Å². The first-order chi connectivity index (χ1) is 13.9. The van der Waals surface area contributed by atoms with Gasteiger partial charge in [0, 0.05) is 28.9 Å². The van der Waals surface area contributed by atoms with Crippen LogP contribution in [0.25, 0.3) is 0 Å². The molecule has 6 nitrogen and oxygen atoms in total. The normalized spacial score (nSPS) is 17.3. The first-order valence-electron chi connectivity index (χ1n) is 8.82. The third-order valence-electron chi connectivity index (χ3n) is 4.35. The maximum atomic E-state index is 14.6. The Kier molecular flexibility index (Phi) is 6.39. The first kappa shape index (κ1) is 20.7. The van der Waals surface area contributed by atoms with Crippen LogP contribution >= 0.6 is 0 Å². The van der Waals surface area contributed by atoms with Crippen LogP contribution in [0, 0.1) is 23.6 Å². The summed E-state index contributed by atoms with van der Waals surface area (Å²) in [5, 5.41) is 18.8. The zero-order valence-electron chi connectivity index (χ0n) is 15.1. The smallest absolute Gasteiger partial charge is 0.379 e. The molecule has 10 heteroatoms. The molecule has 1 saturated carbocycles. The maximum Gasteiger partial charge on any atom is 0.379 e. The minimum Gasteiger partial charge on any atom is -0.390 e. The number of rotatable bonds is 3. The van der Waals surface area contributed by atoms with Crippen molar-refractivity contribution in [2.45, 2.75) is 38.7 Å². The van der Waals surface area contributed by atoms with Crippen molar-refractivity contribution in [1.29, 1.82) is 0 Å².